The number of aromatic nitrogens is 5. The van der Waals surface area contributed by atoms with Crippen molar-refractivity contribution in [1.29, 1.82) is 5.41 Å². The zero-order valence-corrected chi connectivity index (χ0v) is 16.9. The van der Waals surface area contributed by atoms with E-state index in [4.69, 9.17) is 10.1 Å². The molecule has 0 spiro atoms. The molecule has 1 saturated carbocycles. The van der Waals surface area contributed by atoms with Gasteiger partial charge in [0.15, 0.2) is 0 Å². The van der Waals surface area contributed by atoms with E-state index in [0.717, 1.165) is 49.1 Å². The zero-order chi connectivity index (χ0) is 20.2. The maximum Gasteiger partial charge on any atom is 0.275 e. The molecule has 3 aromatic heterocycles. The van der Waals surface area contributed by atoms with Gasteiger partial charge in [-0.25, -0.2) is 4.98 Å². The van der Waals surface area contributed by atoms with Gasteiger partial charge in [0, 0.05) is 36.2 Å². The fraction of sp³-hybridized carbons (Fsp3) is 0.421. The average molecular weight is 414 g/mol. The van der Waals surface area contributed by atoms with E-state index in [2.05, 4.69) is 25.6 Å². The molecule has 0 aliphatic heterocycles. The predicted octanol–water partition coefficient (Wildman–Crippen LogP) is 3.50. The number of carbonyl (C=O) groups excluding carboxylic acids is 1. The monoisotopic (exact) mass is 413 g/mol. The Morgan fingerprint density at radius 3 is 2.97 bits per heavy atom. The number of ether oxygens (including phenoxy) is 1. The van der Waals surface area contributed by atoms with Gasteiger partial charge in [0.1, 0.15) is 16.4 Å². The number of nitrogens with one attached hydrogen (secondary N) is 3. The highest BCUT2D eigenvalue weighted by Crippen LogP contribution is 2.31. The summed E-state index contributed by atoms with van der Waals surface area (Å²) >= 11 is 1.38. The maximum atomic E-state index is 12.6. The molecule has 9 nitrogen and oxygen atoms in total. The molecule has 29 heavy (non-hydrogen) atoms. The number of hydrogen-bond donors (Lipinski definition) is 3. The molecule has 10 heteroatoms. The Labute approximate surface area is 172 Å². The van der Waals surface area contributed by atoms with Crippen LogP contribution in [0.15, 0.2) is 24.0 Å². The first kappa shape index (κ1) is 19.5. The lowest BCUT2D eigenvalue weighted by Gasteiger charge is -2.28. The fourth-order valence-electron chi connectivity index (χ4n) is 3.57. The summed E-state index contributed by atoms with van der Waals surface area (Å²) < 4.78 is 7.58. The Morgan fingerprint density at radius 2 is 2.28 bits per heavy atom. The number of rotatable bonds is 7. The van der Waals surface area contributed by atoms with Crippen molar-refractivity contribution in [1.82, 2.24) is 25.0 Å². The summed E-state index contributed by atoms with van der Waals surface area (Å²) in [6.45, 7) is 2.76. The van der Waals surface area contributed by atoms with E-state index in [1.54, 1.807) is 17.8 Å². The SMILES string of the molecule is CCOC1CCC(n2cc(NC(=O)c3csc(-c4cn[nH]c4)n3)c(C=N)n2)CC1. The van der Waals surface area contributed by atoms with Crippen molar-refractivity contribution in [2.75, 3.05) is 11.9 Å². The van der Waals surface area contributed by atoms with Gasteiger partial charge in [-0.05, 0) is 32.6 Å². The minimum Gasteiger partial charge on any atom is -0.379 e. The summed E-state index contributed by atoms with van der Waals surface area (Å²) in [6.07, 6.45) is 10.6. The molecule has 3 heterocycles. The second-order valence-corrected chi connectivity index (χ2v) is 7.78. The van der Waals surface area contributed by atoms with Crippen LogP contribution in [-0.2, 0) is 4.74 Å². The molecule has 3 aromatic rings. The molecule has 1 fully saturated rings. The van der Waals surface area contributed by atoms with Crippen molar-refractivity contribution < 1.29 is 9.53 Å². The molecule has 0 saturated heterocycles. The molecule has 3 N–H and O–H groups in total. The van der Waals surface area contributed by atoms with Crippen LogP contribution < -0.4 is 5.32 Å². The van der Waals surface area contributed by atoms with Gasteiger partial charge in [0.05, 0.1) is 24.0 Å². The quantitative estimate of drug-likeness (QED) is 0.512. The van der Waals surface area contributed by atoms with Gasteiger partial charge in [0.2, 0.25) is 0 Å². The van der Waals surface area contributed by atoms with Gasteiger partial charge in [0.25, 0.3) is 5.91 Å². The third-order valence-electron chi connectivity index (χ3n) is 5.05. The molecule has 0 bridgehead atoms. The van der Waals surface area contributed by atoms with E-state index in [1.165, 1.54) is 11.3 Å². The van der Waals surface area contributed by atoms with E-state index in [1.807, 2.05) is 17.8 Å². The maximum absolute atomic E-state index is 12.6. The van der Waals surface area contributed by atoms with Crippen LogP contribution in [0.1, 0.15) is 54.8 Å². The molecule has 1 aliphatic carbocycles. The summed E-state index contributed by atoms with van der Waals surface area (Å²) in [6, 6.07) is 0.253. The highest BCUT2D eigenvalue weighted by molar-refractivity contribution is 7.13. The zero-order valence-electron chi connectivity index (χ0n) is 16.1. The highest BCUT2D eigenvalue weighted by atomic mass is 32.1. The van der Waals surface area contributed by atoms with Crippen LogP contribution >= 0.6 is 11.3 Å². The van der Waals surface area contributed by atoms with Gasteiger partial charge in [-0.15, -0.1) is 11.3 Å². The Kier molecular flexibility index (Phi) is 5.81. The number of amides is 1. The molecule has 0 radical (unpaired) electrons. The number of thiazole rings is 1. The first-order valence-corrected chi connectivity index (χ1v) is 10.5. The van der Waals surface area contributed by atoms with E-state index in [0.29, 0.717) is 23.2 Å². The van der Waals surface area contributed by atoms with Crippen LogP contribution in [0.2, 0.25) is 0 Å². The first-order chi connectivity index (χ1) is 14.2. The lowest BCUT2D eigenvalue weighted by atomic mass is 9.93. The summed E-state index contributed by atoms with van der Waals surface area (Å²) in [7, 11) is 0. The molecule has 0 unspecified atom stereocenters. The Morgan fingerprint density at radius 1 is 1.45 bits per heavy atom. The standard InChI is InChI=1S/C19H23N7O2S/c1-2-28-14-5-3-13(4-6-14)26-10-16(15(7-20)25-26)23-18(27)17-11-29-19(24-17)12-8-21-22-9-12/h7-11,13-14,20H,2-6H2,1H3,(H,21,22)(H,23,27). The van der Waals surface area contributed by atoms with Gasteiger partial charge in [-0.2, -0.15) is 10.2 Å². The number of H-pyrrole nitrogens is 1. The Hall–Kier alpha value is -2.85. The van der Waals surface area contributed by atoms with Crippen molar-refractivity contribution in [2.45, 2.75) is 44.8 Å². The summed E-state index contributed by atoms with van der Waals surface area (Å²) in [5.41, 5.74) is 2.13. The molecule has 1 amide bonds. The Bertz CT molecular complexity index is 971. The lowest BCUT2D eigenvalue weighted by Crippen LogP contribution is -2.24. The van der Waals surface area contributed by atoms with Crippen molar-refractivity contribution in [3.05, 3.63) is 35.4 Å². The summed E-state index contributed by atoms with van der Waals surface area (Å²) in [5.74, 6) is -0.321. The average Bonchev–Trinajstić information content (AvgIpc) is 3.48. The number of aromatic amines is 1. The van der Waals surface area contributed by atoms with E-state index in [-0.39, 0.29) is 11.9 Å². The largest absolute Gasteiger partial charge is 0.379 e. The third-order valence-corrected chi connectivity index (χ3v) is 5.94. The normalized spacial score (nSPS) is 19.2. The van der Waals surface area contributed by atoms with Gasteiger partial charge in [-0.3, -0.25) is 14.6 Å². The highest BCUT2D eigenvalue weighted by Gasteiger charge is 2.24. The molecule has 152 valence electrons. The smallest absolute Gasteiger partial charge is 0.275 e. The minimum absolute atomic E-state index is 0.253. The molecule has 4 rings (SSSR count). The van der Waals surface area contributed by atoms with Crippen LogP contribution in [0, 0.1) is 5.41 Å². The Balaban J connectivity index is 1.45. The number of anilines is 1. The summed E-state index contributed by atoms with van der Waals surface area (Å²) in [4.78, 5) is 17.0. The molecule has 1 aliphatic rings. The number of carbonyl (C=O) groups is 1. The van der Waals surface area contributed by atoms with Crippen LogP contribution in [0.4, 0.5) is 5.69 Å². The van der Waals surface area contributed by atoms with Crippen molar-refractivity contribution in [3.63, 3.8) is 0 Å². The van der Waals surface area contributed by atoms with Gasteiger partial charge >= 0.3 is 0 Å². The lowest BCUT2D eigenvalue weighted by molar-refractivity contribution is 0.0259. The fourth-order valence-corrected chi connectivity index (χ4v) is 4.35. The van der Waals surface area contributed by atoms with Crippen molar-refractivity contribution in [2.24, 2.45) is 0 Å². The van der Waals surface area contributed by atoms with E-state index < -0.39 is 0 Å². The van der Waals surface area contributed by atoms with Crippen molar-refractivity contribution in [3.8, 4) is 10.6 Å². The minimum atomic E-state index is -0.321. The number of hydrogen-bond acceptors (Lipinski definition) is 7. The van der Waals surface area contributed by atoms with Gasteiger partial charge < -0.3 is 15.5 Å². The second kappa shape index (κ2) is 8.66. The van der Waals surface area contributed by atoms with Gasteiger partial charge in [-0.1, -0.05) is 0 Å². The first-order valence-electron chi connectivity index (χ1n) is 9.65. The molecule has 0 atom stereocenters. The third kappa shape index (κ3) is 4.28. The molecular formula is C19H23N7O2S. The van der Waals surface area contributed by atoms with Crippen LogP contribution in [0.5, 0.6) is 0 Å². The van der Waals surface area contributed by atoms with E-state index in [9.17, 15) is 4.79 Å². The summed E-state index contributed by atoms with van der Waals surface area (Å²) in [5, 5.41) is 24.1. The second-order valence-electron chi connectivity index (χ2n) is 6.92. The van der Waals surface area contributed by atoms with Crippen LogP contribution in [0.3, 0.4) is 0 Å². The van der Waals surface area contributed by atoms with Crippen LogP contribution in [0.25, 0.3) is 10.6 Å². The van der Waals surface area contributed by atoms with E-state index >= 15 is 0 Å². The number of nitrogens with zero attached hydrogens (tertiary/aromatic N) is 4. The molecular weight excluding hydrogens is 390 g/mol. The predicted molar refractivity (Wildman–Crippen MR) is 111 cm³/mol. The topological polar surface area (TPSA) is 122 Å². The van der Waals surface area contributed by atoms with Crippen molar-refractivity contribution >= 4 is 29.1 Å². The van der Waals surface area contributed by atoms with Crippen LogP contribution in [-0.4, -0.2) is 49.8 Å². The molecule has 0 aromatic carbocycles.